The van der Waals surface area contributed by atoms with Crippen LogP contribution in [0.1, 0.15) is 5.69 Å². The van der Waals surface area contributed by atoms with E-state index in [2.05, 4.69) is 24.9 Å². The number of rotatable bonds is 9. The molecule has 30 heavy (non-hydrogen) atoms. The maximum Gasteiger partial charge on any atom is 0.244 e. The number of nitrogens with zero attached hydrogens (tertiary/aromatic N) is 3. The first-order valence-corrected chi connectivity index (χ1v) is 11.0. The molecule has 2 aromatic rings. The van der Waals surface area contributed by atoms with E-state index in [1.54, 1.807) is 6.07 Å². The molecule has 164 valence electrons. The Hall–Kier alpha value is -2.63. The fourth-order valence-corrected chi connectivity index (χ4v) is 4.20. The SMILES string of the molecule is COc1ccc(S(=O)(=O)NCCNc2nc(C)cc(N3CCOCC3)n2)c(OC)c1. The van der Waals surface area contributed by atoms with Gasteiger partial charge in [0.1, 0.15) is 22.2 Å². The second-order valence-electron chi connectivity index (χ2n) is 6.63. The molecule has 0 bridgehead atoms. The van der Waals surface area contributed by atoms with Crippen LogP contribution in [0.2, 0.25) is 0 Å². The third-order valence-electron chi connectivity index (χ3n) is 4.54. The van der Waals surface area contributed by atoms with E-state index >= 15 is 0 Å². The highest BCUT2D eigenvalue weighted by molar-refractivity contribution is 7.89. The lowest BCUT2D eigenvalue weighted by Gasteiger charge is -2.28. The van der Waals surface area contributed by atoms with Crippen LogP contribution in [0.15, 0.2) is 29.2 Å². The first kappa shape index (κ1) is 22.1. The van der Waals surface area contributed by atoms with E-state index in [1.807, 2.05) is 13.0 Å². The number of methoxy groups -OCH3 is 2. The third kappa shape index (κ3) is 5.49. The van der Waals surface area contributed by atoms with E-state index in [-0.39, 0.29) is 17.2 Å². The Morgan fingerprint density at radius 3 is 2.57 bits per heavy atom. The second kappa shape index (κ2) is 9.92. The summed E-state index contributed by atoms with van der Waals surface area (Å²) in [5.74, 6) is 2.02. The molecule has 10 nitrogen and oxygen atoms in total. The van der Waals surface area contributed by atoms with Gasteiger partial charge in [0.15, 0.2) is 0 Å². The van der Waals surface area contributed by atoms with Gasteiger partial charge in [0.2, 0.25) is 16.0 Å². The minimum Gasteiger partial charge on any atom is -0.497 e. The maximum absolute atomic E-state index is 12.6. The summed E-state index contributed by atoms with van der Waals surface area (Å²) in [6.45, 7) is 5.27. The fraction of sp³-hybridized carbons (Fsp3) is 0.474. The summed E-state index contributed by atoms with van der Waals surface area (Å²) >= 11 is 0. The maximum atomic E-state index is 12.6. The minimum atomic E-state index is -3.75. The predicted octanol–water partition coefficient (Wildman–Crippen LogP) is 1.03. The van der Waals surface area contributed by atoms with E-state index in [4.69, 9.17) is 14.2 Å². The van der Waals surface area contributed by atoms with Gasteiger partial charge in [-0.1, -0.05) is 0 Å². The molecule has 1 fully saturated rings. The molecule has 0 atom stereocenters. The first-order chi connectivity index (χ1) is 14.4. The Labute approximate surface area is 176 Å². The number of benzene rings is 1. The Morgan fingerprint density at radius 2 is 1.87 bits per heavy atom. The largest absolute Gasteiger partial charge is 0.497 e. The summed E-state index contributed by atoms with van der Waals surface area (Å²) in [6.07, 6.45) is 0. The lowest BCUT2D eigenvalue weighted by Crippen LogP contribution is -2.37. The van der Waals surface area contributed by atoms with E-state index < -0.39 is 10.0 Å². The van der Waals surface area contributed by atoms with Gasteiger partial charge in [-0.3, -0.25) is 0 Å². The van der Waals surface area contributed by atoms with Crippen LogP contribution >= 0.6 is 0 Å². The van der Waals surface area contributed by atoms with E-state index in [0.717, 1.165) is 24.6 Å². The molecule has 0 aliphatic carbocycles. The molecule has 3 rings (SSSR count). The van der Waals surface area contributed by atoms with Crippen molar-refractivity contribution in [3.8, 4) is 11.5 Å². The molecular weight excluding hydrogens is 410 g/mol. The molecule has 2 heterocycles. The molecule has 0 radical (unpaired) electrons. The quantitative estimate of drug-likeness (QED) is 0.555. The molecule has 0 amide bonds. The summed E-state index contributed by atoms with van der Waals surface area (Å²) in [6, 6.07) is 6.48. The Kier molecular flexibility index (Phi) is 7.29. The standard InChI is InChI=1S/C19H27N5O5S/c1-14-12-18(24-8-10-29-11-9-24)23-19(22-14)20-6-7-21-30(25,26)17-5-4-15(27-2)13-16(17)28-3/h4-5,12-13,21H,6-11H2,1-3H3,(H,20,22,23). The number of sulfonamides is 1. The van der Waals surface area contributed by atoms with Crippen molar-refractivity contribution >= 4 is 21.8 Å². The van der Waals surface area contributed by atoms with Crippen molar-refractivity contribution in [1.29, 1.82) is 0 Å². The van der Waals surface area contributed by atoms with Crippen LogP contribution in [0.25, 0.3) is 0 Å². The third-order valence-corrected chi connectivity index (χ3v) is 6.04. The van der Waals surface area contributed by atoms with E-state index in [9.17, 15) is 8.42 Å². The van der Waals surface area contributed by atoms with Gasteiger partial charge in [-0.15, -0.1) is 0 Å². The normalized spacial score (nSPS) is 14.4. The van der Waals surface area contributed by atoms with Gasteiger partial charge in [-0.05, 0) is 19.1 Å². The molecule has 1 aliphatic rings. The molecule has 1 aromatic carbocycles. The van der Waals surface area contributed by atoms with Crippen molar-refractivity contribution in [2.75, 3.05) is 63.8 Å². The van der Waals surface area contributed by atoms with Crippen LogP contribution in [0.4, 0.5) is 11.8 Å². The van der Waals surface area contributed by atoms with Crippen LogP contribution in [0.5, 0.6) is 11.5 Å². The van der Waals surface area contributed by atoms with Gasteiger partial charge in [0.05, 0.1) is 27.4 Å². The van der Waals surface area contributed by atoms with Gasteiger partial charge in [-0.2, -0.15) is 4.98 Å². The van der Waals surface area contributed by atoms with Crippen molar-refractivity contribution in [2.45, 2.75) is 11.8 Å². The average Bonchev–Trinajstić information content (AvgIpc) is 2.76. The number of anilines is 2. The van der Waals surface area contributed by atoms with Gasteiger partial charge in [0.25, 0.3) is 0 Å². The van der Waals surface area contributed by atoms with E-state index in [1.165, 1.54) is 26.4 Å². The van der Waals surface area contributed by atoms with Crippen molar-refractivity contribution in [1.82, 2.24) is 14.7 Å². The van der Waals surface area contributed by atoms with Crippen LogP contribution < -0.4 is 24.4 Å². The highest BCUT2D eigenvalue weighted by Crippen LogP contribution is 2.28. The minimum absolute atomic E-state index is 0.0483. The molecule has 2 N–H and O–H groups in total. The van der Waals surface area contributed by atoms with E-state index in [0.29, 0.717) is 31.5 Å². The summed E-state index contributed by atoms with van der Waals surface area (Å²) in [7, 11) is -0.832. The highest BCUT2D eigenvalue weighted by Gasteiger charge is 2.20. The fourth-order valence-electron chi connectivity index (χ4n) is 3.02. The zero-order chi connectivity index (χ0) is 21.6. The topological polar surface area (TPSA) is 115 Å². The van der Waals surface area contributed by atoms with Gasteiger partial charge >= 0.3 is 0 Å². The molecule has 0 spiro atoms. The molecule has 1 saturated heterocycles. The van der Waals surface area contributed by atoms with Crippen molar-refractivity contribution in [3.63, 3.8) is 0 Å². The lowest BCUT2D eigenvalue weighted by atomic mass is 10.3. The zero-order valence-corrected chi connectivity index (χ0v) is 18.2. The summed E-state index contributed by atoms with van der Waals surface area (Å²) < 4.78 is 43.5. The lowest BCUT2D eigenvalue weighted by molar-refractivity contribution is 0.122. The smallest absolute Gasteiger partial charge is 0.244 e. The molecule has 11 heteroatoms. The average molecular weight is 438 g/mol. The number of hydrogen-bond donors (Lipinski definition) is 2. The summed E-state index contributed by atoms with van der Waals surface area (Å²) in [5, 5.41) is 3.08. The Morgan fingerprint density at radius 1 is 1.10 bits per heavy atom. The highest BCUT2D eigenvalue weighted by atomic mass is 32.2. The summed E-state index contributed by atoms with van der Waals surface area (Å²) in [5.41, 5.74) is 0.831. The van der Waals surface area contributed by atoms with Crippen LogP contribution in [-0.2, 0) is 14.8 Å². The van der Waals surface area contributed by atoms with Crippen molar-refractivity contribution in [3.05, 3.63) is 30.0 Å². The predicted molar refractivity (Wildman–Crippen MR) is 113 cm³/mol. The number of ether oxygens (including phenoxy) is 3. The van der Waals surface area contributed by atoms with Crippen molar-refractivity contribution < 1.29 is 22.6 Å². The number of hydrogen-bond acceptors (Lipinski definition) is 9. The van der Waals surface area contributed by atoms with Gasteiger partial charge < -0.3 is 24.4 Å². The number of morpholine rings is 1. The summed E-state index contributed by atoms with van der Waals surface area (Å²) in [4.78, 5) is 11.1. The Balaban J connectivity index is 1.60. The molecule has 1 aromatic heterocycles. The van der Waals surface area contributed by atoms with Gasteiger partial charge in [0, 0.05) is 44.0 Å². The zero-order valence-electron chi connectivity index (χ0n) is 17.3. The van der Waals surface area contributed by atoms with Crippen molar-refractivity contribution in [2.24, 2.45) is 0 Å². The number of aromatic nitrogens is 2. The van der Waals surface area contributed by atoms with Gasteiger partial charge in [-0.25, -0.2) is 18.1 Å². The second-order valence-corrected chi connectivity index (χ2v) is 8.37. The van der Waals surface area contributed by atoms with Crippen LogP contribution in [0.3, 0.4) is 0 Å². The first-order valence-electron chi connectivity index (χ1n) is 9.57. The Bertz CT molecular complexity index is 964. The molecule has 1 aliphatic heterocycles. The number of aryl methyl sites for hydroxylation is 1. The van der Waals surface area contributed by atoms with Crippen LogP contribution in [0, 0.1) is 6.92 Å². The number of nitrogens with one attached hydrogen (secondary N) is 2. The molecule has 0 saturated carbocycles. The monoisotopic (exact) mass is 437 g/mol. The van der Waals surface area contributed by atoms with Crippen LogP contribution in [-0.4, -0.2) is 72.0 Å². The molecular formula is C19H27N5O5S. The molecule has 0 unspecified atom stereocenters.